The van der Waals surface area contributed by atoms with Gasteiger partial charge in [-0.25, -0.2) is 4.99 Å². The molecule has 0 aromatic heterocycles. The molecule has 3 nitrogen and oxygen atoms in total. The lowest BCUT2D eigenvalue weighted by molar-refractivity contribution is 0.301. The van der Waals surface area contributed by atoms with Crippen molar-refractivity contribution in [3.8, 4) is 0 Å². The van der Waals surface area contributed by atoms with Crippen molar-refractivity contribution < 1.29 is 4.74 Å². The van der Waals surface area contributed by atoms with E-state index in [0.717, 1.165) is 15.7 Å². The van der Waals surface area contributed by atoms with Crippen LogP contribution < -0.4 is 4.90 Å². The van der Waals surface area contributed by atoms with Gasteiger partial charge in [0.05, 0.1) is 22.0 Å². The summed E-state index contributed by atoms with van der Waals surface area (Å²) in [7, 11) is 1.99. The molecular weight excluding hydrogens is 340 g/mol. The molecule has 2 aromatic rings. The molecule has 1 aliphatic rings. The molecule has 0 saturated heterocycles. The Hall–Kier alpha value is -1.52. The van der Waals surface area contributed by atoms with Crippen LogP contribution in [0.25, 0.3) is 0 Å². The minimum absolute atomic E-state index is 0.474. The van der Waals surface area contributed by atoms with Crippen LogP contribution in [0.1, 0.15) is 5.56 Å². The molecule has 0 unspecified atom stereocenters. The standard InChI is InChI=1S/C15H12BrClN2O/c1-19-9-20-15(10-5-2-3-8-13(10)19)18-12-7-4-6-11(16)14(12)17/h2-8H,9H2,1H3. The van der Waals surface area contributed by atoms with Gasteiger partial charge in [-0.2, -0.15) is 0 Å². The van der Waals surface area contributed by atoms with Crippen LogP contribution >= 0.6 is 27.5 Å². The maximum absolute atomic E-state index is 6.25. The summed E-state index contributed by atoms with van der Waals surface area (Å²) < 4.78 is 6.54. The van der Waals surface area contributed by atoms with E-state index in [2.05, 4.69) is 27.0 Å². The molecule has 0 bridgehead atoms. The summed E-state index contributed by atoms with van der Waals surface area (Å²) >= 11 is 9.65. The lowest BCUT2D eigenvalue weighted by Crippen LogP contribution is -2.30. The van der Waals surface area contributed by atoms with Gasteiger partial charge in [-0.15, -0.1) is 0 Å². The number of nitrogens with zero attached hydrogens (tertiary/aromatic N) is 2. The molecule has 0 aliphatic carbocycles. The molecule has 0 fully saturated rings. The van der Waals surface area contributed by atoms with Gasteiger partial charge in [0.1, 0.15) is 0 Å². The van der Waals surface area contributed by atoms with E-state index in [1.807, 2.05) is 48.3 Å². The number of aliphatic imine (C=N–C) groups is 1. The lowest BCUT2D eigenvalue weighted by atomic mass is 10.1. The summed E-state index contributed by atoms with van der Waals surface area (Å²) in [6.45, 7) is 0.474. The first-order valence-corrected chi connectivity index (χ1v) is 7.30. The summed E-state index contributed by atoms with van der Waals surface area (Å²) in [5, 5.41) is 0.583. The molecule has 0 saturated carbocycles. The van der Waals surface area contributed by atoms with E-state index in [1.54, 1.807) is 0 Å². The summed E-state index contributed by atoms with van der Waals surface area (Å²) in [6.07, 6.45) is 0. The highest BCUT2D eigenvalue weighted by Crippen LogP contribution is 2.34. The molecule has 0 N–H and O–H groups in total. The highest BCUT2D eigenvalue weighted by atomic mass is 79.9. The molecular formula is C15H12BrClN2O. The highest BCUT2D eigenvalue weighted by Gasteiger charge is 2.20. The number of hydrogen-bond donors (Lipinski definition) is 0. The quantitative estimate of drug-likeness (QED) is 0.750. The Bertz CT molecular complexity index is 687. The number of rotatable bonds is 1. The van der Waals surface area contributed by atoms with Gasteiger partial charge in [0.2, 0.25) is 5.90 Å². The first-order chi connectivity index (χ1) is 9.66. The largest absolute Gasteiger partial charge is 0.456 e. The van der Waals surface area contributed by atoms with Gasteiger partial charge in [-0.05, 0) is 40.2 Å². The molecule has 20 heavy (non-hydrogen) atoms. The van der Waals surface area contributed by atoms with Crippen molar-refractivity contribution in [1.29, 1.82) is 0 Å². The molecule has 0 radical (unpaired) electrons. The fourth-order valence-electron chi connectivity index (χ4n) is 2.07. The number of benzene rings is 2. The SMILES string of the molecule is CN1COC(=Nc2cccc(Br)c2Cl)c2ccccc21. The molecule has 2 aromatic carbocycles. The van der Waals surface area contributed by atoms with E-state index in [1.165, 1.54) is 0 Å². The summed E-state index contributed by atoms with van der Waals surface area (Å²) in [4.78, 5) is 6.60. The molecule has 5 heteroatoms. The minimum Gasteiger partial charge on any atom is -0.456 e. The number of hydrogen-bond acceptors (Lipinski definition) is 3. The molecule has 0 atom stereocenters. The number of anilines is 1. The average molecular weight is 352 g/mol. The van der Waals surface area contributed by atoms with Gasteiger partial charge in [0.25, 0.3) is 0 Å². The van der Waals surface area contributed by atoms with Crippen molar-refractivity contribution in [3.05, 3.63) is 57.5 Å². The topological polar surface area (TPSA) is 24.8 Å². The summed E-state index contributed by atoms with van der Waals surface area (Å²) in [5.74, 6) is 0.596. The Balaban J connectivity index is 2.09. The first-order valence-electron chi connectivity index (χ1n) is 6.13. The van der Waals surface area contributed by atoms with Gasteiger partial charge in [0.15, 0.2) is 6.73 Å². The van der Waals surface area contributed by atoms with Crippen molar-refractivity contribution in [2.45, 2.75) is 0 Å². The molecule has 0 amide bonds. The van der Waals surface area contributed by atoms with Crippen LogP contribution in [0.5, 0.6) is 0 Å². The van der Waals surface area contributed by atoms with E-state index in [9.17, 15) is 0 Å². The van der Waals surface area contributed by atoms with Crippen LogP contribution in [0.2, 0.25) is 5.02 Å². The highest BCUT2D eigenvalue weighted by molar-refractivity contribution is 9.10. The Morgan fingerprint density at radius 2 is 2.00 bits per heavy atom. The van der Waals surface area contributed by atoms with Crippen molar-refractivity contribution in [2.75, 3.05) is 18.7 Å². The van der Waals surface area contributed by atoms with E-state index < -0.39 is 0 Å². The summed E-state index contributed by atoms with van der Waals surface area (Å²) in [6, 6.07) is 13.7. The van der Waals surface area contributed by atoms with E-state index >= 15 is 0 Å². The second kappa shape index (κ2) is 5.46. The number of fused-ring (bicyclic) bond motifs is 1. The van der Waals surface area contributed by atoms with E-state index in [4.69, 9.17) is 16.3 Å². The second-order valence-corrected chi connectivity index (χ2v) is 5.71. The predicted molar refractivity (Wildman–Crippen MR) is 86.1 cm³/mol. The van der Waals surface area contributed by atoms with Gasteiger partial charge >= 0.3 is 0 Å². The van der Waals surface area contributed by atoms with Gasteiger partial charge < -0.3 is 9.64 Å². The van der Waals surface area contributed by atoms with Crippen molar-refractivity contribution in [3.63, 3.8) is 0 Å². The zero-order valence-corrected chi connectivity index (χ0v) is 13.1. The van der Waals surface area contributed by atoms with Crippen molar-refractivity contribution >= 4 is 44.8 Å². The number of halogens is 2. The second-order valence-electron chi connectivity index (χ2n) is 4.48. The van der Waals surface area contributed by atoms with Gasteiger partial charge in [-0.3, -0.25) is 0 Å². The van der Waals surface area contributed by atoms with Gasteiger partial charge in [-0.1, -0.05) is 29.8 Å². The monoisotopic (exact) mass is 350 g/mol. The van der Waals surface area contributed by atoms with Crippen LogP contribution in [-0.2, 0) is 4.74 Å². The maximum Gasteiger partial charge on any atom is 0.225 e. The molecule has 3 rings (SSSR count). The lowest BCUT2D eigenvalue weighted by Gasteiger charge is -2.28. The minimum atomic E-state index is 0.474. The third-order valence-electron chi connectivity index (χ3n) is 3.09. The Labute approximate surface area is 131 Å². The van der Waals surface area contributed by atoms with Crippen molar-refractivity contribution in [1.82, 2.24) is 0 Å². The molecule has 1 aliphatic heterocycles. The zero-order valence-electron chi connectivity index (χ0n) is 10.8. The molecule has 1 heterocycles. The fourth-order valence-corrected chi connectivity index (χ4v) is 2.60. The Morgan fingerprint density at radius 3 is 2.85 bits per heavy atom. The smallest absolute Gasteiger partial charge is 0.225 e. The van der Waals surface area contributed by atoms with Crippen LogP contribution in [0.15, 0.2) is 51.9 Å². The third kappa shape index (κ3) is 2.41. The van der Waals surface area contributed by atoms with Crippen LogP contribution in [0.4, 0.5) is 11.4 Å². The Morgan fingerprint density at radius 1 is 1.20 bits per heavy atom. The maximum atomic E-state index is 6.25. The third-order valence-corrected chi connectivity index (χ3v) is 4.38. The van der Waals surface area contributed by atoms with E-state index in [-0.39, 0.29) is 0 Å². The number of para-hydroxylation sites is 1. The molecule has 102 valence electrons. The normalized spacial score (nSPS) is 15.9. The predicted octanol–water partition coefficient (Wildman–Crippen LogP) is 4.60. The van der Waals surface area contributed by atoms with Crippen LogP contribution in [0, 0.1) is 0 Å². The van der Waals surface area contributed by atoms with E-state index in [0.29, 0.717) is 23.3 Å². The van der Waals surface area contributed by atoms with Crippen molar-refractivity contribution in [2.24, 2.45) is 4.99 Å². The van der Waals surface area contributed by atoms with Gasteiger partial charge in [0, 0.05) is 11.5 Å². The summed E-state index contributed by atoms with van der Waals surface area (Å²) in [5.41, 5.74) is 2.76. The number of ether oxygens (including phenoxy) is 1. The fraction of sp³-hybridized carbons (Fsp3) is 0.133. The first kappa shape index (κ1) is 13.5. The Kier molecular flexibility index (Phi) is 3.68. The molecule has 0 spiro atoms. The van der Waals surface area contributed by atoms with Crippen LogP contribution in [-0.4, -0.2) is 19.7 Å². The average Bonchev–Trinajstić information content (AvgIpc) is 2.47. The zero-order chi connectivity index (χ0) is 14.1. The van der Waals surface area contributed by atoms with Crippen LogP contribution in [0.3, 0.4) is 0 Å².